The van der Waals surface area contributed by atoms with Crippen molar-refractivity contribution < 1.29 is 0 Å². The van der Waals surface area contributed by atoms with E-state index in [9.17, 15) is 0 Å². The Kier molecular flexibility index (Phi) is 25.4. The van der Waals surface area contributed by atoms with Crippen LogP contribution in [0.15, 0.2) is 261 Å². The van der Waals surface area contributed by atoms with Gasteiger partial charge in [-0.25, -0.2) is 0 Å². The van der Waals surface area contributed by atoms with Crippen LogP contribution in [0.25, 0.3) is 33.9 Å². The Bertz CT molecular complexity index is 2620. The number of hydrogen-bond donors (Lipinski definition) is 0. The average Bonchev–Trinajstić information content (AvgIpc) is 3.39. The molecule has 0 aliphatic heterocycles. The smallest absolute Gasteiger partial charge is 0.0461 e. The van der Waals surface area contributed by atoms with Crippen LogP contribution in [-0.4, -0.2) is 0 Å². The highest BCUT2D eigenvalue weighted by Gasteiger charge is 2.13. The second-order valence-electron chi connectivity index (χ2n) is 16.0. The van der Waals surface area contributed by atoms with Gasteiger partial charge in [-0.2, -0.15) is 0 Å². The quantitative estimate of drug-likeness (QED) is 0.0873. The third-order valence-electron chi connectivity index (χ3n) is 10.8. The number of rotatable bonds is 12. The lowest BCUT2D eigenvalue weighted by atomic mass is 9.98. The fourth-order valence-electron chi connectivity index (χ4n) is 6.87. The lowest BCUT2D eigenvalue weighted by molar-refractivity contribution is 0.964. The predicted octanol–water partition coefficient (Wildman–Crippen LogP) is 20.2. The molecule has 7 rings (SSSR count). The largest absolute Gasteiger partial charge is 0.311 e. The number of benzene rings is 7. The number of allylic oxidation sites excluding steroid dienone is 10. The molecule has 1 heteroatoms. The summed E-state index contributed by atoms with van der Waals surface area (Å²) in [6.45, 7) is 28.4. The molecule has 0 saturated heterocycles. The van der Waals surface area contributed by atoms with Gasteiger partial charge in [-0.05, 0) is 129 Å². The van der Waals surface area contributed by atoms with E-state index < -0.39 is 0 Å². The van der Waals surface area contributed by atoms with Crippen LogP contribution in [0.3, 0.4) is 0 Å². The molecule has 1 unspecified atom stereocenters. The van der Waals surface area contributed by atoms with Crippen LogP contribution in [-0.2, 0) is 0 Å². The van der Waals surface area contributed by atoms with Crippen molar-refractivity contribution in [2.45, 2.75) is 75.2 Å². The maximum absolute atomic E-state index is 4.49. The summed E-state index contributed by atoms with van der Waals surface area (Å²) in [7, 11) is 0. The standard InChI is InChI=1S/C42H39N.C13H12.C7H12.C3H6.C2H6/c1-5-36(38-12-8-6-9-13-38)23-20-35-21-24-37(25-22-35)33(3)18-19-34(4)43(41-28-16-32(2)17-29-41)42-30-26-40(27-31-42)39-14-10-7-11-15-39;1-11-7-9-13(10-8-11)12-5-3-2-4-6-12;1-4-6-7(3)5-2;1-3-2;1-2/h5-31,33H,4H2,1-3H3;2-10H,1H3;4-6H,1-3H3;3H,1H2,2H3;1-2H3/b19-18-,23-20-,36-5+;;6-4-,7-5-;;. The maximum atomic E-state index is 4.49. The Labute approximate surface area is 412 Å². The molecule has 7 aromatic rings. The monoisotopic (exact) mass is 894 g/mol. The third-order valence-corrected chi connectivity index (χ3v) is 10.8. The van der Waals surface area contributed by atoms with E-state index in [1.165, 1.54) is 61.2 Å². The van der Waals surface area contributed by atoms with Crippen molar-refractivity contribution in [1.29, 1.82) is 0 Å². The summed E-state index contributed by atoms with van der Waals surface area (Å²) in [4.78, 5) is 2.22. The molecule has 68 heavy (non-hydrogen) atoms. The number of anilines is 2. The van der Waals surface area contributed by atoms with E-state index in [4.69, 9.17) is 0 Å². The molecule has 0 spiro atoms. The molecule has 0 aliphatic rings. The highest BCUT2D eigenvalue weighted by molar-refractivity contribution is 5.79. The molecular formula is C67H75N. The average molecular weight is 894 g/mol. The maximum Gasteiger partial charge on any atom is 0.0461 e. The Morgan fingerprint density at radius 3 is 1.34 bits per heavy atom. The van der Waals surface area contributed by atoms with Gasteiger partial charge >= 0.3 is 0 Å². The Balaban J connectivity index is 0.000000399. The first-order valence-electron chi connectivity index (χ1n) is 23.9. The molecule has 1 atom stereocenters. The van der Waals surface area contributed by atoms with Crippen molar-refractivity contribution >= 4 is 23.0 Å². The van der Waals surface area contributed by atoms with Crippen molar-refractivity contribution in [3.05, 3.63) is 289 Å². The van der Waals surface area contributed by atoms with Gasteiger partial charge in [-0.1, -0.05) is 256 Å². The first-order valence-corrected chi connectivity index (χ1v) is 23.9. The molecule has 0 saturated carbocycles. The van der Waals surface area contributed by atoms with E-state index >= 15 is 0 Å². The molecule has 0 aliphatic carbocycles. The second kappa shape index (κ2) is 31.4. The lowest BCUT2D eigenvalue weighted by Gasteiger charge is -2.26. The molecule has 0 N–H and O–H groups in total. The van der Waals surface area contributed by atoms with Gasteiger partial charge < -0.3 is 4.90 Å². The van der Waals surface area contributed by atoms with Crippen molar-refractivity contribution in [3.63, 3.8) is 0 Å². The van der Waals surface area contributed by atoms with E-state index in [-0.39, 0.29) is 5.92 Å². The van der Waals surface area contributed by atoms with Gasteiger partial charge in [0.15, 0.2) is 0 Å². The Hall–Kier alpha value is -7.48. The predicted molar refractivity (Wildman–Crippen MR) is 306 cm³/mol. The van der Waals surface area contributed by atoms with Gasteiger partial charge in [0, 0.05) is 17.1 Å². The number of nitrogens with zero attached hydrogens (tertiary/aromatic N) is 1. The molecule has 0 fully saturated rings. The number of aryl methyl sites for hydroxylation is 2. The zero-order valence-electron chi connectivity index (χ0n) is 42.5. The van der Waals surface area contributed by atoms with Crippen LogP contribution in [0, 0.1) is 13.8 Å². The fourth-order valence-corrected chi connectivity index (χ4v) is 6.87. The lowest BCUT2D eigenvalue weighted by Crippen LogP contribution is -2.14. The molecule has 1 nitrogen and oxygen atoms in total. The van der Waals surface area contributed by atoms with Crippen molar-refractivity contribution in [3.8, 4) is 22.3 Å². The number of hydrogen-bond acceptors (Lipinski definition) is 1. The highest BCUT2D eigenvalue weighted by Crippen LogP contribution is 2.33. The molecule has 7 aromatic carbocycles. The van der Waals surface area contributed by atoms with Gasteiger partial charge in [0.25, 0.3) is 0 Å². The molecule has 0 radical (unpaired) electrons. The third kappa shape index (κ3) is 18.8. The van der Waals surface area contributed by atoms with Crippen LogP contribution < -0.4 is 4.90 Å². The van der Waals surface area contributed by atoms with Crippen molar-refractivity contribution in [1.82, 2.24) is 0 Å². The van der Waals surface area contributed by atoms with Crippen molar-refractivity contribution in [2.24, 2.45) is 0 Å². The van der Waals surface area contributed by atoms with E-state index in [1.54, 1.807) is 6.08 Å². The molecule has 0 bridgehead atoms. The zero-order valence-corrected chi connectivity index (χ0v) is 42.5. The van der Waals surface area contributed by atoms with Crippen LogP contribution in [0.4, 0.5) is 11.4 Å². The molecule has 0 heterocycles. The fraction of sp³-hybridized carbons (Fsp3) is 0.164. The van der Waals surface area contributed by atoms with E-state index in [0.717, 1.165) is 17.1 Å². The van der Waals surface area contributed by atoms with Gasteiger partial charge in [0.1, 0.15) is 0 Å². The van der Waals surface area contributed by atoms with Gasteiger partial charge in [0.05, 0.1) is 0 Å². The van der Waals surface area contributed by atoms with Crippen LogP contribution >= 0.6 is 0 Å². The first-order chi connectivity index (χ1) is 33.1. The van der Waals surface area contributed by atoms with E-state index in [0.29, 0.717) is 0 Å². The summed E-state index contributed by atoms with van der Waals surface area (Å²) in [5, 5.41) is 0. The summed E-state index contributed by atoms with van der Waals surface area (Å²) in [5.41, 5.74) is 16.8. The molecule has 348 valence electrons. The van der Waals surface area contributed by atoms with Crippen LogP contribution in [0.5, 0.6) is 0 Å². The van der Waals surface area contributed by atoms with Crippen LogP contribution in [0.2, 0.25) is 0 Å². The molecular weight excluding hydrogens is 819 g/mol. The van der Waals surface area contributed by atoms with Crippen LogP contribution in [0.1, 0.15) is 89.1 Å². The van der Waals surface area contributed by atoms with Gasteiger partial charge in [-0.15, -0.1) is 6.58 Å². The summed E-state index contributed by atoms with van der Waals surface area (Å²) in [6, 6.07) is 66.1. The first kappa shape index (κ1) is 54.9. The minimum atomic E-state index is 0.241. The minimum absolute atomic E-state index is 0.241. The molecule has 0 amide bonds. The summed E-state index contributed by atoms with van der Waals surface area (Å²) in [5.74, 6) is 0.241. The Morgan fingerprint density at radius 1 is 0.500 bits per heavy atom. The van der Waals surface area contributed by atoms with Gasteiger partial charge in [-0.3, -0.25) is 0 Å². The normalized spacial score (nSPS) is 11.4. The van der Waals surface area contributed by atoms with E-state index in [1.807, 2.05) is 58.9 Å². The summed E-state index contributed by atoms with van der Waals surface area (Å²) in [6.07, 6.45) is 18.8. The zero-order chi connectivity index (χ0) is 49.5. The topological polar surface area (TPSA) is 3.24 Å². The van der Waals surface area contributed by atoms with E-state index in [2.05, 4.69) is 265 Å². The molecule has 0 aromatic heterocycles. The van der Waals surface area contributed by atoms with Gasteiger partial charge in [0.2, 0.25) is 0 Å². The highest BCUT2D eigenvalue weighted by atomic mass is 15.1. The SMILES string of the molecule is C/C=C\C(C)=C/C.C=C(/C=C\C(C)c1ccc(/C=C\C(=C/C)c2ccccc2)cc1)N(c1ccc(C)cc1)c1ccc(-c2ccccc2)cc1.C=CC.CC.Cc1ccc(-c2ccccc2)cc1. The second-order valence-corrected chi connectivity index (χ2v) is 16.0. The Morgan fingerprint density at radius 2 is 0.912 bits per heavy atom. The minimum Gasteiger partial charge on any atom is -0.311 e. The summed E-state index contributed by atoms with van der Waals surface area (Å²) >= 11 is 0. The summed E-state index contributed by atoms with van der Waals surface area (Å²) < 4.78 is 0. The van der Waals surface area contributed by atoms with Crippen molar-refractivity contribution in [2.75, 3.05) is 4.90 Å².